The lowest BCUT2D eigenvalue weighted by Crippen LogP contribution is -2.42. The van der Waals surface area contributed by atoms with Crippen LogP contribution in [0.5, 0.6) is 0 Å². The predicted octanol–water partition coefficient (Wildman–Crippen LogP) is 1.68. The average Bonchev–Trinajstić information content (AvgIpc) is 2.39. The van der Waals surface area contributed by atoms with Crippen molar-refractivity contribution in [3.05, 3.63) is 24.0 Å². The van der Waals surface area contributed by atoms with Gasteiger partial charge in [0, 0.05) is 12.2 Å². The van der Waals surface area contributed by atoms with Crippen LogP contribution in [0.15, 0.2) is 12.3 Å². The van der Waals surface area contributed by atoms with Crippen LogP contribution in [-0.4, -0.2) is 40.4 Å². The van der Waals surface area contributed by atoms with Crippen LogP contribution in [0.2, 0.25) is 0 Å². The Labute approximate surface area is 124 Å². The second-order valence-corrected chi connectivity index (χ2v) is 5.96. The lowest BCUT2D eigenvalue weighted by atomic mass is 9.93. The molecule has 1 saturated carbocycles. The third-order valence-electron chi connectivity index (χ3n) is 3.69. The first kappa shape index (κ1) is 15.7. The number of amides is 1. The zero-order valence-corrected chi connectivity index (χ0v) is 12.3. The number of aromatic nitrogens is 1. The zero-order chi connectivity index (χ0) is 15.5. The highest BCUT2D eigenvalue weighted by molar-refractivity contribution is 5.99. The van der Waals surface area contributed by atoms with E-state index in [0.29, 0.717) is 17.3 Å². The van der Waals surface area contributed by atoms with Crippen molar-refractivity contribution < 1.29 is 14.3 Å². The molecule has 1 amide bonds. The molecular weight excluding hydrogens is 273 g/mol. The molecule has 0 aromatic carbocycles. The summed E-state index contributed by atoms with van der Waals surface area (Å²) in [6, 6.07) is 1.99. The van der Waals surface area contributed by atoms with Crippen molar-refractivity contribution in [2.75, 3.05) is 11.9 Å². The number of rotatable bonds is 6. The van der Waals surface area contributed by atoms with E-state index in [1.807, 2.05) is 0 Å². The van der Waals surface area contributed by atoms with Crippen LogP contribution in [0.4, 0.5) is 10.1 Å². The SMILES string of the molecule is CC(C)(O)[C@H](F)CNC(=O)c1cn[c]cc1NC1CCC1. The summed E-state index contributed by atoms with van der Waals surface area (Å²) in [6.07, 6.45) is 5.91. The van der Waals surface area contributed by atoms with E-state index in [1.165, 1.54) is 26.5 Å². The van der Waals surface area contributed by atoms with Gasteiger partial charge in [-0.3, -0.25) is 9.78 Å². The molecule has 0 unspecified atom stereocenters. The molecule has 1 aliphatic carbocycles. The highest BCUT2D eigenvalue weighted by Gasteiger charge is 2.27. The summed E-state index contributed by atoms with van der Waals surface area (Å²) in [5, 5.41) is 15.3. The number of nitrogens with one attached hydrogen (secondary N) is 2. The molecule has 0 spiro atoms. The zero-order valence-electron chi connectivity index (χ0n) is 12.3. The Hall–Kier alpha value is -1.69. The largest absolute Gasteiger partial charge is 0.387 e. The molecular formula is C15H21FN3O2. The van der Waals surface area contributed by atoms with E-state index < -0.39 is 17.7 Å². The number of carbonyl (C=O) groups excluding carboxylic acids is 1. The van der Waals surface area contributed by atoms with Crippen LogP contribution in [0.25, 0.3) is 0 Å². The molecule has 21 heavy (non-hydrogen) atoms. The molecule has 1 fully saturated rings. The molecule has 0 saturated heterocycles. The van der Waals surface area contributed by atoms with Crippen molar-refractivity contribution >= 4 is 11.6 Å². The van der Waals surface area contributed by atoms with Gasteiger partial charge in [0.05, 0.1) is 29.6 Å². The summed E-state index contributed by atoms with van der Waals surface area (Å²) >= 11 is 0. The Morgan fingerprint density at radius 3 is 2.90 bits per heavy atom. The average molecular weight is 294 g/mol. The van der Waals surface area contributed by atoms with Crippen molar-refractivity contribution in [2.45, 2.75) is 50.9 Å². The summed E-state index contributed by atoms with van der Waals surface area (Å²) in [7, 11) is 0. The van der Waals surface area contributed by atoms with Gasteiger partial charge in [0.15, 0.2) is 0 Å². The molecule has 6 heteroatoms. The number of pyridine rings is 1. The standard InChI is InChI=1S/C15H21FN3O2/c1-15(2,21)13(16)9-18-14(20)11-8-17-7-6-12(11)19-10-4-3-5-10/h6,8,10,13,21H,3-5,9H2,1-2H3,(H,17,19)(H,18,20)/t13-/m1/s1. The van der Waals surface area contributed by atoms with Crippen molar-refractivity contribution in [1.82, 2.24) is 10.3 Å². The number of alkyl halides is 1. The van der Waals surface area contributed by atoms with Gasteiger partial charge in [-0.25, -0.2) is 4.39 Å². The van der Waals surface area contributed by atoms with Gasteiger partial charge in [-0.05, 0) is 39.2 Å². The van der Waals surface area contributed by atoms with Crippen molar-refractivity contribution in [3.8, 4) is 0 Å². The van der Waals surface area contributed by atoms with Crippen LogP contribution in [0.3, 0.4) is 0 Å². The summed E-state index contributed by atoms with van der Waals surface area (Å²) in [6.45, 7) is 2.49. The molecule has 1 aromatic rings. The minimum absolute atomic E-state index is 0.246. The number of nitrogens with zero attached hydrogens (tertiary/aromatic N) is 1. The predicted molar refractivity (Wildman–Crippen MR) is 77.9 cm³/mol. The van der Waals surface area contributed by atoms with E-state index in [0.717, 1.165) is 12.8 Å². The normalized spacial score (nSPS) is 17.0. The maximum Gasteiger partial charge on any atom is 0.255 e. The lowest BCUT2D eigenvalue weighted by Gasteiger charge is -2.28. The Balaban J connectivity index is 1.98. The number of aliphatic hydroxyl groups is 1. The first-order valence-corrected chi connectivity index (χ1v) is 7.15. The number of anilines is 1. The van der Waals surface area contributed by atoms with E-state index >= 15 is 0 Å². The Morgan fingerprint density at radius 1 is 1.62 bits per heavy atom. The summed E-state index contributed by atoms with van der Waals surface area (Å²) < 4.78 is 13.7. The van der Waals surface area contributed by atoms with Crippen molar-refractivity contribution in [3.63, 3.8) is 0 Å². The van der Waals surface area contributed by atoms with E-state index in [2.05, 4.69) is 21.8 Å². The fraction of sp³-hybridized carbons (Fsp3) is 0.600. The fourth-order valence-corrected chi connectivity index (χ4v) is 1.95. The van der Waals surface area contributed by atoms with Crippen LogP contribution in [0.1, 0.15) is 43.5 Å². The van der Waals surface area contributed by atoms with Gasteiger partial charge in [0.1, 0.15) is 6.17 Å². The minimum atomic E-state index is -1.53. The number of halogens is 1. The summed E-state index contributed by atoms with van der Waals surface area (Å²) in [5.41, 5.74) is -0.460. The third-order valence-corrected chi connectivity index (χ3v) is 3.69. The van der Waals surface area contributed by atoms with E-state index in [9.17, 15) is 14.3 Å². The third kappa shape index (κ3) is 4.14. The van der Waals surface area contributed by atoms with E-state index in [4.69, 9.17) is 0 Å². The number of hydrogen-bond donors (Lipinski definition) is 3. The molecule has 1 radical (unpaired) electrons. The van der Waals surface area contributed by atoms with Gasteiger partial charge in [0.25, 0.3) is 5.91 Å². The van der Waals surface area contributed by atoms with Crippen LogP contribution >= 0.6 is 0 Å². The monoisotopic (exact) mass is 294 g/mol. The maximum atomic E-state index is 13.7. The molecule has 3 N–H and O–H groups in total. The minimum Gasteiger partial charge on any atom is -0.387 e. The molecule has 5 nitrogen and oxygen atoms in total. The molecule has 2 rings (SSSR count). The van der Waals surface area contributed by atoms with Crippen molar-refractivity contribution in [1.29, 1.82) is 0 Å². The topological polar surface area (TPSA) is 74.2 Å². The first-order valence-electron chi connectivity index (χ1n) is 7.15. The summed E-state index contributed by atoms with van der Waals surface area (Å²) in [5.74, 6) is -0.412. The summed E-state index contributed by atoms with van der Waals surface area (Å²) in [4.78, 5) is 16.0. The molecule has 1 atom stereocenters. The highest BCUT2D eigenvalue weighted by Crippen LogP contribution is 2.24. The molecule has 0 aliphatic heterocycles. The van der Waals surface area contributed by atoms with Gasteiger partial charge in [-0.15, -0.1) is 0 Å². The van der Waals surface area contributed by atoms with E-state index in [-0.39, 0.29) is 6.54 Å². The van der Waals surface area contributed by atoms with Crippen molar-refractivity contribution in [2.24, 2.45) is 0 Å². The smallest absolute Gasteiger partial charge is 0.255 e. The fourth-order valence-electron chi connectivity index (χ4n) is 1.95. The van der Waals surface area contributed by atoms with Crippen LogP contribution in [-0.2, 0) is 0 Å². The Kier molecular flexibility index (Phi) is 4.77. The molecule has 1 heterocycles. The second kappa shape index (κ2) is 6.39. The Morgan fingerprint density at radius 2 is 2.33 bits per heavy atom. The Bertz CT molecular complexity index is 498. The lowest BCUT2D eigenvalue weighted by molar-refractivity contribution is -0.00177. The molecule has 0 bridgehead atoms. The molecule has 1 aromatic heterocycles. The first-order chi connectivity index (χ1) is 9.88. The maximum absolute atomic E-state index is 13.7. The highest BCUT2D eigenvalue weighted by atomic mass is 19.1. The number of hydrogen-bond acceptors (Lipinski definition) is 4. The quantitative estimate of drug-likeness (QED) is 0.746. The molecule has 1 aliphatic rings. The van der Waals surface area contributed by atoms with Crippen LogP contribution in [0, 0.1) is 6.20 Å². The van der Waals surface area contributed by atoms with Gasteiger partial charge >= 0.3 is 0 Å². The second-order valence-electron chi connectivity index (χ2n) is 5.96. The van der Waals surface area contributed by atoms with Gasteiger partial charge in [-0.2, -0.15) is 0 Å². The number of carbonyl (C=O) groups is 1. The van der Waals surface area contributed by atoms with Gasteiger partial charge < -0.3 is 15.7 Å². The van der Waals surface area contributed by atoms with Gasteiger partial charge in [0.2, 0.25) is 0 Å². The van der Waals surface area contributed by atoms with E-state index in [1.54, 1.807) is 6.07 Å². The van der Waals surface area contributed by atoms with Gasteiger partial charge in [-0.1, -0.05) is 0 Å². The van der Waals surface area contributed by atoms with Crippen LogP contribution < -0.4 is 10.6 Å². The molecule has 115 valence electrons.